The molecule has 0 aromatic carbocycles. The lowest BCUT2D eigenvalue weighted by atomic mass is 10.3. The lowest BCUT2D eigenvalue weighted by molar-refractivity contribution is 0.232. The first-order valence-corrected chi connectivity index (χ1v) is 8.95. The van der Waals surface area contributed by atoms with Gasteiger partial charge in [-0.25, -0.2) is 15.0 Å². The van der Waals surface area contributed by atoms with E-state index in [0.29, 0.717) is 47.3 Å². The molecule has 4 rings (SSSR count). The molecule has 0 saturated carbocycles. The molecule has 4 aromatic rings. The van der Waals surface area contributed by atoms with E-state index in [4.69, 9.17) is 9.26 Å². The summed E-state index contributed by atoms with van der Waals surface area (Å²) in [5.74, 6) is 3.32. The van der Waals surface area contributed by atoms with Gasteiger partial charge in [-0.2, -0.15) is 4.98 Å². The van der Waals surface area contributed by atoms with Crippen molar-refractivity contribution in [2.45, 2.75) is 26.5 Å². The Morgan fingerprint density at radius 1 is 1.14 bits per heavy atom. The van der Waals surface area contributed by atoms with Gasteiger partial charge in [-0.1, -0.05) is 5.16 Å². The van der Waals surface area contributed by atoms with Crippen LogP contribution in [0.4, 0.5) is 17.6 Å². The van der Waals surface area contributed by atoms with Crippen LogP contribution in [0.5, 0.6) is 5.88 Å². The predicted molar refractivity (Wildman–Crippen MR) is 105 cm³/mol. The maximum Gasteiger partial charge on any atom is 0.234 e. The monoisotopic (exact) mass is 393 g/mol. The van der Waals surface area contributed by atoms with E-state index >= 15 is 0 Å². The van der Waals surface area contributed by atoms with Gasteiger partial charge >= 0.3 is 0 Å². The van der Waals surface area contributed by atoms with Crippen molar-refractivity contribution in [3.63, 3.8) is 0 Å². The number of nitrogens with zero attached hydrogens (tertiary/aromatic N) is 6. The fraction of sp³-hybridized carbons (Fsp3) is 0.222. The molecule has 148 valence electrons. The van der Waals surface area contributed by atoms with Crippen LogP contribution in [0.15, 0.2) is 47.4 Å². The summed E-state index contributed by atoms with van der Waals surface area (Å²) in [7, 11) is 0. The Kier molecular flexibility index (Phi) is 5.27. The summed E-state index contributed by atoms with van der Waals surface area (Å²) in [5, 5.41) is 17.1. The molecule has 0 radical (unpaired) electrons. The lowest BCUT2D eigenvalue weighted by Gasteiger charge is -2.06. The Bertz CT molecular complexity index is 1060. The molecule has 0 aliphatic carbocycles. The molecule has 0 aliphatic heterocycles. The van der Waals surface area contributed by atoms with Crippen molar-refractivity contribution >= 4 is 17.6 Å². The molecule has 0 saturated heterocycles. The van der Waals surface area contributed by atoms with E-state index in [0.717, 1.165) is 0 Å². The maximum atomic E-state index is 5.53. The van der Waals surface area contributed by atoms with E-state index in [1.54, 1.807) is 42.9 Å². The number of H-pyrrole nitrogens is 1. The highest BCUT2D eigenvalue weighted by Gasteiger charge is 2.10. The minimum atomic E-state index is 0.0473. The Morgan fingerprint density at radius 3 is 2.83 bits per heavy atom. The first kappa shape index (κ1) is 18.3. The van der Waals surface area contributed by atoms with Gasteiger partial charge in [-0.05, 0) is 26.0 Å². The molecule has 0 fully saturated rings. The molecule has 0 unspecified atom stereocenters. The van der Waals surface area contributed by atoms with Crippen LogP contribution in [-0.4, -0.2) is 41.4 Å². The van der Waals surface area contributed by atoms with Gasteiger partial charge in [0.1, 0.15) is 11.6 Å². The zero-order valence-electron chi connectivity index (χ0n) is 15.8. The van der Waals surface area contributed by atoms with Gasteiger partial charge in [0.05, 0.1) is 12.6 Å². The quantitative estimate of drug-likeness (QED) is 0.409. The number of ether oxygens (including phenoxy) is 1. The Labute approximate surface area is 166 Å². The van der Waals surface area contributed by atoms with E-state index in [1.807, 2.05) is 13.8 Å². The van der Waals surface area contributed by atoms with Crippen molar-refractivity contribution in [1.29, 1.82) is 0 Å². The van der Waals surface area contributed by atoms with Crippen LogP contribution < -0.4 is 15.4 Å². The second-order valence-corrected chi connectivity index (χ2v) is 6.28. The summed E-state index contributed by atoms with van der Waals surface area (Å²) in [4.78, 5) is 16.9. The fourth-order valence-corrected chi connectivity index (χ4v) is 2.42. The van der Waals surface area contributed by atoms with Crippen LogP contribution >= 0.6 is 0 Å². The van der Waals surface area contributed by atoms with Gasteiger partial charge in [0.15, 0.2) is 17.3 Å². The SMILES string of the molecule is CC(C)Oc1cc(Nc2ccnc(NCc3cc(-c4ncccn4)no3)n2)[nH]n1. The van der Waals surface area contributed by atoms with Crippen molar-refractivity contribution in [2.75, 3.05) is 10.6 Å². The lowest BCUT2D eigenvalue weighted by Crippen LogP contribution is -2.05. The summed E-state index contributed by atoms with van der Waals surface area (Å²) >= 11 is 0. The zero-order valence-corrected chi connectivity index (χ0v) is 15.8. The summed E-state index contributed by atoms with van der Waals surface area (Å²) in [6.45, 7) is 4.24. The highest BCUT2D eigenvalue weighted by atomic mass is 16.5. The van der Waals surface area contributed by atoms with Crippen molar-refractivity contribution in [2.24, 2.45) is 0 Å². The Morgan fingerprint density at radius 2 is 2.00 bits per heavy atom. The van der Waals surface area contributed by atoms with Crippen LogP contribution in [0.2, 0.25) is 0 Å². The van der Waals surface area contributed by atoms with Gasteiger partial charge < -0.3 is 19.9 Å². The Balaban J connectivity index is 1.37. The highest BCUT2D eigenvalue weighted by molar-refractivity contribution is 5.54. The van der Waals surface area contributed by atoms with E-state index in [-0.39, 0.29) is 6.10 Å². The number of hydrogen-bond donors (Lipinski definition) is 3. The van der Waals surface area contributed by atoms with E-state index in [9.17, 15) is 0 Å². The van der Waals surface area contributed by atoms with Crippen LogP contribution in [-0.2, 0) is 6.54 Å². The summed E-state index contributed by atoms with van der Waals surface area (Å²) in [5.41, 5.74) is 0.567. The second kappa shape index (κ2) is 8.33. The Hall–Kier alpha value is -4.02. The average Bonchev–Trinajstić information content (AvgIpc) is 3.37. The first-order valence-electron chi connectivity index (χ1n) is 8.95. The third-order valence-electron chi connectivity index (χ3n) is 3.60. The van der Waals surface area contributed by atoms with Gasteiger partial charge in [0, 0.05) is 30.7 Å². The number of nitrogens with one attached hydrogen (secondary N) is 3. The van der Waals surface area contributed by atoms with E-state index < -0.39 is 0 Å². The third kappa shape index (κ3) is 4.83. The average molecular weight is 393 g/mol. The molecule has 0 atom stereocenters. The number of aromatic amines is 1. The molecule has 4 heterocycles. The highest BCUT2D eigenvalue weighted by Crippen LogP contribution is 2.19. The summed E-state index contributed by atoms with van der Waals surface area (Å²) in [6.07, 6.45) is 4.99. The molecular formula is C18H19N9O2. The maximum absolute atomic E-state index is 5.53. The topological polar surface area (TPSA) is 140 Å². The predicted octanol–water partition coefficient (Wildman–Crippen LogP) is 2.79. The molecule has 0 amide bonds. The van der Waals surface area contributed by atoms with E-state index in [2.05, 4.69) is 45.9 Å². The van der Waals surface area contributed by atoms with Gasteiger partial charge in [0.25, 0.3) is 0 Å². The molecule has 0 bridgehead atoms. The van der Waals surface area contributed by atoms with E-state index in [1.165, 1.54) is 0 Å². The third-order valence-corrected chi connectivity index (χ3v) is 3.60. The number of anilines is 3. The van der Waals surface area contributed by atoms with Gasteiger partial charge in [-0.15, -0.1) is 5.10 Å². The smallest absolute Gasteiger partial charge is 0.234 e. The fourth-order valence-electron chi connectivity index (χ4n) is 2.42. The minimum Gasteiger partial charge on any atom is -0.474 e. The van der Waals surface area contributed by atoms with Gasteiger partial charge in [0.2, 0.25) is 11.8 Å². The first-order chi connectivity index (χ1) is 14.2. The standard InChI is InChI=1S/C18H19N9O2/c1-11(2)28-16-9-15(25-26-16)23-14-4-7-21-18(24-14)22-10-12-8-13(27-29-12)17-19-5-3-6-20-17/h3-9,11H,10H2,1-2H3,(H3,21,22,23,24,25,26). The molecule has 0 spiro atoms. The number of rotatable bonds is 8. The van der Waals surface area contributed by atoms with Crippen LogP contribution in [0.1, 0.15) is 19.6 Å². The minimum absolute atomic E-state index is 0.0473. The molecule has 11 heteroatoms. The molecule has 11 nitrogen and oxygen atoms in total. The molecule has 3 N–H and O–H groups in total. The van der Waals surface area contributed by atoms with Crippen LogP contribution in [0, 0.1) is 0 Å². The second-order valence-electron chi connectivity index (χ2n) is 6.28. The zero-order chi connectivity index (χ0) is 20.1. The molecule has 29 heavy (non-hydrogen) atoms. The van der Waals surface area contributed by atoms with Crippen molar-refractivity contribution in [1.82, 2.24) is 35.3 Å². The van der Waals surface area contributed by atoms with Crippen LogP contribution in [0.25, 0.3) is 11.5 Å². The molecule has 4 aromatic heterocycles. The number of aromatic nitrogens is 7. The summed E-state index contributed by atoms with van der Waals surface area (Å²) in [6, 6.07) is 7.02. The largest absolute Gasteiger partial charge is 0.474 e. The van der Waals surface area contributed by atoms with Crippen molar-refractivity contribution in [3.05, 3.63) is 48.6 Å². The normalized spacial score (nSPS) is 10.9. The van der Waals surface area contributed by atoms with Crippen LogP contribution in [0.3, 0.4) is 0 Å². The molecular weight excluding hydrogens is 374 g/mol. The summed E-state index contributed by atoms with van der Waals surface area (Å²) < 4.78 is 10.8. The van der Waals surface area contributed by atoms with Crippen molar-refractivity contribution in [3.8, 4) is 17.4 Å². The molecule has 0 aliphatic rings. The van der Waals surface area contributed by atoms with Crippen molar-refractivity contribution < 1.29 is 9.26 Å². The number of hydrogen-bond acceptors (Lipinski definition) is 10. The van der Waals surface area contributed by atoms with Gasteiger partial charge in [-0.3, -0.25) is 5.10 Å².